The number of urea groups is 4. The molecule has 0 saturated carbocycles. The first kappa shape index (κ1) is 106. The average Bonchev–Trinajstić information content (AvgIpc) is 1.53. The van der Waals surface area contributed by atoms with E-state index >= 15 is 0 Å². The Morgan fingerprint density at radius 1 is 0.458 bits per heavy atom. The molecule has 4 aliphatic heterocycles. The lowest BCUT2D eigenvalue weighted by atomic mass is 9.99. The molecule has 2 unspecified atom stereocenters. The van der Waals surface area contributed by atoms with Crippen molar-refractivity contribution < 1.29 is 98.2 Å². The second-order valence-electron chi connectivity index (χ2n) is 34.7. The summed E-state index contributed by atoms with van der Waals surface area (Å²) < 4.78 is 222. The third kappa shape index (κ3) is 24.7. The molecule has 44 heteroatoms. The summed E-state index contributed by atoms with van der Waals surface area (Å²) in [6.45, 7) is 12.5. The third-order valence-electron chi connectivity index (χ3n) is 24.5. The van der Waals surface area contributed by atoms with Gasteiger partial charge in [-0.3, -0.25) is 24.6 Å². The summed E-state index contributed by atoms with van der Waals surface area (Å²) in [6, 6.07) is 28.3. The molecular formula is C98H107BrF10N18O12S3. The Kier molecular flexibility index (Phi) is 33.6. The minimum absolute atomic E-state index is 0.0166. The van der Waals surface area contributed by atoms with E-state index in [0.29, 0.717) is 118 Å². The Morgan fingerprint density at radius 2 is 0.838 bits per heavy atom. The fourth-order valence-electron chi connectivity index (χ4n) is 17.7. The molecule has 6 aromatic carbocycles. The number of carbonyl (C=O) groups excluding carboxylic acids is 4. The average molecular weight is 2100 g/mol. The number of nitrogens with zero attached hydrogens (tertiary/aromatic N) is 14. The molecule has 16 rings (SSSR count). The molecule has 0 fully saturated rings. The van der Waals surface area contributed by atoms with Gasteiger partial charge in [0.2, 0.25) is 0 Å². The number of alkyl halides is 6. The van der Waals surface area contributed by atoms with E-state index < -0.39 is 102 Å². The van der Waals surface area contributed by atoms with Gasteiger partial charge in [-0.25, -0.2) is 85.7 Å². The summed E-state index contributed by atoms with van der Waals surface area (Å²) in [7, 11) is -9.15. The number of sulfone groups is 3. The molecule has 6 atom stereocenters. The number of phenols is 1. The van der Waals surface area contributed by atoms with Crippen LogP contribution in [0.5, 0.6) is 11.5 Å². The van der Waals surface area contributed by atoms with Crippen LogP contribution in [-0.4, -0.2) is 167 Å². The zero-order valence-electron chi connectivity index (χ0n) is 79.1. The molecule has 142 heavy (non-hydrogen) atoms. The monoisotopic (exact) mass is 2090 g/mol. The predicted molar refractivity (Wildman–Crippen MR) is 518 cm³/mol. The molecule has 30 nitrogen and oxygen atoms in total. The third-order valence-corrected chi connectivity index (χ3v) is 28.3. The van der Waals surface area contributed by atoms with E-state index in [2.05, 4.69) is 67.6 Å². The normalized spacial score (nSPS) is 15.6. The van der Waals surface area contributed by atoms with E-state index in [1.54, 1.807) is 86.9 Å². The van der Waals surface area contributed by atoms with Crippen molar-refractivity contribution in [3.63, 3.8) is 0 Å². The van der Waals surface area contributed by atoms with Crippen LogP contribution >= 0.6 is 15.9 Å². The van der Waals surface area contributed by atoms with E-state index in [4.69, 9.17) is 4.74 Å². The molecule has 10 heterocycles. The lowest BCUT2D eigenvalue weighted by Crippen LogP contribution is -2.55. The summed E-state index contributed by atoms with van der Waals surface area (Å²) in [4.78, 5) is 66.4. The Hall–Kier alpha value is -13.2. The molecule has 0 radical (unpaired) electrons. The van der Waals surface area contributed by atoms with E-state index in [9.17, 15) is 93.4 Å². The fourth-order valence-corrected chi connectivity index (χ4v) is 20.3. The Bertz CT molecular complexity index is 6710. The molecule has 8 amide bonds. The largest absolute Gasteiger partial charge is 0.507 e. The number of hydrogen-bond donors (Lipinski definition) is 5. The van der Waals surface area contributed by atoms with Crippen LogP contribution < -0.4 is 45.6 Å². The second kappa shape index (κ2) is 44.9. The van der Waals surface area contributed by atoms with E-state index in [1.807, 2.05) is 34.6 Å². The number of methoxy groups -OCH3 is 1. The summed E-state index contributed by atoms with van der Waals surface area (Å²) in [6.07, 6.45) is 7.86. The molecule has 6 aromatic heterocycles. The van der Waals surface area contributed by atoms with Gasteiger partial charge in [0.05, 0.1) is 133 Å². The number of pyridine rings is 2. The second-order valence-corrected chi connectivity index (χ2v) is 41.5. The van der Waals surface area contributed by atoms with Gasteiger partial charge in [0.1, 0.15) is 51.7 Å². The number of aromatic nitrogens is 10. The number of ether oxygens (including phenoxy) is 1. The molecule has 756 valence electrons. The molecule has 12 aromatic rings. The van der Waals surface area contributed by atoms with Crippen LogP contribution in [0, 0.1) is 37.1 Å². The Balaban J connectivity index is 0.000000159. The van der Waals surface area contributed by atoms with E-state index in [1.165, 1.54) is 138 Å². The topological polar surface area (TPSA) is 358 Å². The number of aryl methyl sites for hydroxylation is 2. The maximum atomic E-state index is 14.1. The zero-order chi connectivity index (χ0) is 103. The van der Waals surface area contributed by atoms with Gasteiger partial charge in [-0.05, 0) is 269 Å². The van der Waals surface area contributed by atoms with Crippen molar-refractivity contribution in [2.24, 2.45) is 0 Å². The van der Waals surface area contributed by atoms with Crippen molar-refractivity contribution in [1.82, 2.24) is 70.4 Å². The quantitative estimate of drug-likeness (QED) is 0.0351. The zero-order valence-corrected chi connectivity index (χ0v) is 83.1. The van der Waals surface area contributed by atoms with Crippen molar-refractivity contribution in [2.45, 2.75) is 208 Å². The van der Waals surface area contributed by atoms with Gasteiger partial charge >= 0.3 is 36.5 Å². The highest BCUT2D eigenvalue weighted by Gasteiger charge is 2.52. The predicted octanol–water partition coefficient (Wildman–Crippen LogP) is 20.0. The number of phenolic OH excluding ortho intramolecular Hbond substituents is 1. The number of nitrogens with one attached hydrogen (secondary N) is 4. The number of halogens is 11. The van der Waals surface area contributed by atoms with Gasteiger partial charge in [0.25, 0.3) is 0 Å². The number of anilines is 4. The van der Waals surface area contributed by atoms with Crippen LogP contribution in [-0.2, 0) is 55.2 Å². The van der Waals surface area contributed by atoms with Crippen molar-refractivity contribution in [3.8, 4) is 34.2 Å². The summed E-state index contributed by atoms with van der Waals surface area (Å²) in [5.41, 5.74) is 10.4. The first-order valence-corrected chi connectivity index (χ1v) is 52.3. The smallest absolute Gasteiger partial charge is 0.409 e. The van der Waals surface area contributed by atoms with Gasteiger partial charge in [-0.2, -0.15) is 46.7 Å². The van der Waals surface area contributed by atoms with Crippen LogP contribution in [0.1, 0.15) is 185 Å². The SMILES string of the molecule is CCC[C@H](NC(=O)N1CCCc2c1c(C)nn2-c1ccc(F)cc1)c1ccnc(S(C)(=O)=O)c1.CCC[C@H](NC(=O)N1CCCc2c1c(C)nn2-c1ccc(F)cc1)c1cncc(S(C)(=O)=O)c1.CCC[C@H](NC(=O)N1c2cnn(-c3ccc(F)cc3)c2CCC1C(F)(F)F)c1ccc(O)c(S(C)(=O)=O)c1.CCC[C@H](NC(=O)N1c2cnn(-c3ccc(F)cc3)c2CCC1C(F)(F)F)c1ccc(OC)c(Br)c1. The van der Waals surface area contributed by atoms with Crippen LogP contribution in [0.15, 0.2) is 202 Å². The van der Waals surface area contributed by atoms with Crippen LogP contribution in [0.4, 0.5) is 85.8 Å². The summed E-state index contributed by atoms with van der Waals surface area (Å²) in [5.74, 6) is -1.43. The van der Waals surface area contributed by atoms with Crippen molar-refractivity contribution in [1.29, 1.82) is 0 Å². The van der Waals surface area contributed by atoms with Crippen molar-refractivity contribution in [3.05, 3.63) is 267 Å². The minimum Gasteiger partial charge on any atom is -0.507 e. The first-order valence-electron chi connectivity index (χ1n) is 45.8. The highest BCUT2D eigenvalue weighted by molar-refractivity contribution is 9.10. The number of fused-ring (bicyclic) bond motifs is 4. The maximum absolute atomic E-state index is 14.1. The number of aromatic hydroxyl groups is 1. The molecular weight excluding hydrogens is 1990 g/mol. The summed E-state index contributed by atoms with van der Waals surface area (Å²) >= 11 is 3.42. The standard InChI is InChI=1S/C25H25BrF4N4O2.C25H26F4N4O4S.2C24H28FN5O3S/c1-3-4-19(15-5-11-22(36-2)18(26)13-15)32-24(35)33-21-14-31-34(17-8-6-16(27)7-9-17)20(21)10-12-23(33)25(28,29)30;1-3-4-18(15-5-11-21(34)22(13-15)38(2,36)37)31-24(35)32-20-14-30-33(17-8-6-16(26)7-9-17)19(20)10-12-23(32)25(27,28)29;1-4-6-20(17-12-13-26-22(15-17)34(3,32)33)27-24(31)29-14-5-7-21-23(29)16(2)28-30(21)19-10-8-18(25)9-11-19;1-4-6-21(17-13-20(15-26-14-17)34(3,32)33)27-24(31)29-12-5-7-22-23(29)16(2)28-30(22)19-10-8-18(25)9-11-19/h5-9,11,13-14,19,23H,3-4,10,12H2,1-2H3,(H,32,35);5-9,11,13-14,18,23,34H,3-4,10,12H2,1-2H3,(H,31,35);8-13,15,20H,4-7,14H2,1-3H3,(H,27,31);8-11,13-15,21H,4-7,12H2,1-3H3,(H,27,31)/t19-,23?;18-,23?;20-;21-/m0000/s1. The molecule has 0 saturated heterocycles. The highest BCUT2D eigenvalue weighted by atomic mass is 79.9. The fraction of sp³-hybridized carbons (Fsp3) is 0.367. The molecule has 0 bridgehead atoms. The Morgan fingerprint density at radius 3 is 1.21 bits per heavy atom. The van der Waals surface area contributed by atoms with Crippen LogP contribution in [0.3, 0.4) is 0 Å². The van der Waals surface area contributed by atoms with Gasteiger partial charge in [-0.15, -0.1) is 0 Å². The molecule has 0 aliphatic carbocycles. The van der Waals surface area contributed by atoms with Gasteiger partial charge in [-0.1, -0.05) is 65.5 Å². The minimum atomic E-state index is -4.73. The number of benzene rings is 6. The van der Waals surface area contributed by atoms with Crippen molar-refractivity contribution >= 4 is 92.3 Å². The van der Waals surface area contributed by atoms with Gasteiger partial charge < -0.3 is 31.1 Å². The van der Waals surface area contributed by atoms with Crippen LogP contribution in [0.25, 0.3) is 22.7 Å². The first-order chi connectivity index (χ1) is 67.3. The van der Waals surface area contributed by atoms with E-state index in [-0.39, 0.29) is 81.2 Å². The number of amides is 8. The lowest BCUT2D eigenvalue weighted by molar-refractivity contribution is -0.149. The number of rotatable bonds is 24. The lowest BCUT2D eigenvalue weighted by Gasteiger charge is -2.37. The van der Waals surface area contributed by atoms with Gasteiger partial charge in [0, 0.05) is 50.4 Å². The molecule has 4 aliphatic rings. The number of carbonyl (C=O) groups is 4. The van der Waals surface area contributed by atoms with Gasteiger partial charge in [0.15, 0.2) is 34.5 Å². The maximum Gasteiger partial charge on any atom is 0.409 e. The van der Waals surface area contributed by atoms with Crippen molar-refractivity contribution in [2.75, 3.05) is 58.6 Å². The Labute approximate surface area is 823 Å². The van der Waals surface area contributed by atoms with E-state index in [0.717, 1.165) is 102 Å². The summed E-state index contributed by atoms with van der Waals surface area (Å²) in [5, 5.41) is 39.2. The number of hydrogen-bond acceptors (Lipinski definition) is 18. The van der Waals surface area contributed by atoms with Crippen LogP contribution in [0.2, 0.25) is 0 Å². The molecule has 5 N–H and O–H groups in total. The highest BCUT2D eigenvalue weighted by Crippen LogP contribution is 2.44. The molecule has 0 spiro atoms.